The van der Waals surface area contributed by atoms with Crippen molar-refractivity contribution in [1.82, 2.24) is 5.32 Å². The molecule has 1 N–H and O–H groups in total. The topological polar surface area (TPSA) is 64.6 Å². The molecular formula is C19H29NO4. The summed E-state index contributed by atoms with van der Waals surface area (Å²) < 4.78 is 10.5. The highest BCUT2D eigenvalue weighted by Crippen LogP contribution is 2.11. The third-order valence-electron chi connectivity index (χ3n) is 3.35. The first-order valence-electron chi connectivity index (χ1n) is 8.42. The van der Waals surface area contributed by atoms with Crippen molar-refractivity contribution in [2.75, 3.05) is 6.61 Å². The first-order chi connectivity index (χ1) is 11.2. The first-order valence-corrected chi connectivity index (χ1v) is 8.42. The van der Waals surface area contributed by atoms with E-state index in [-0.39, 0.29) is 11.9 Å². The Morgan fingerprint density at radius 3 is 2.29 bits per heavy atom. The zero-order valence-corrected chi connectivity index (χ0v) is 15.3. The van der Waals surface area contributed by atoms with Crippen molar-refractivity contribution >= 4 is 11.9 Å². The maximum absolute atomic E-state index is 12.2. The van der Waals surface area contributed by atoms with E-state index in [1.807, 2.05) is 51.1 Å². The number of benzene rings is 1. The van der Waals surface area contributed by atoms with E-state index in [0.717, 1.165) is 12.0 Å². The van der Waals surface area contributed by atoms with Gasteiger partial charge in [-0.1, -0.05) is 30.3 Å². The number of ether oxygens (including phenoxy) is 2. The molecule has 0 radical (unpaired) electrons. The predicted octanol–water partition coefficient (Wildman–Crippen LogP) is 2.87. The summed E-state index contributed by atoms with van der Waals surface area (Å²) in [6, 6.07) is 8.77. The fourth-order valence-electron chi connectivity index (χ4n) is 2.23. The Labute approximate surface area is 144 Å². The fourth-order valence-corrected chi connectivity index (χ4v) is 2.23. The second-order valence-corrected chi connectivity index (χ2v) is 6.75. The summed E-state index contributed by atoms with van der Waals surface area (Å²) >= 11 is 0. The number of carbonyl (C=O) groups is 2. The Morgan fingerprint density at radius 2 is 1.75 bits per heavy atom. The lowest BCUT2D eigenvalue weighted by atomic mass is 10.0. The quantitative estimate of drug-likeness (QED) is 0.740. The van der Waals surface area contributed by atoms with Crippen LogP contribution in [0.1, 0.15) is 46.6 Å². The molecule has 0 aliphatic carbocycles. The molecular weight excluding hydrogens is 306 g/mol. The molecule has 1 rings (SSSR count). The number of nitrogens with one attached hydrogen (secondary N) is 1. The first kappa shape index (κ1) is 20.2. The van der Waals surface area contributed by atoms with Gasteiger partial charge in [0.05, 0.1) is 6.61 Å². The van der Waals surface area contributed by atoms with Gasteiger partial charge < -0.3 is 9.47 Å². The summed E-state index contributed by atoms with van der Waals surface area (Å²) in [4.78, 5) is 24.3. The molecule has 0 aliphatic rings. The van der Waals surface area contributed by atoms with Crippen molar-refractivity contribution < 1.29 is 19.1 Å². The molecule has 24 heavy (non-hydrogen) atoms. The largest absolute Gasteiger partial charge is 0.465 e. The zero-order valence-electron chi connectivity index (χ0n) is 15.3. The van der Waals surface area contributed by atoms with Crippen LogP contribution in [-0.4, -0.2) is 36.2 Å². The predicted molar refractivity (Wildman–Crippen MR) is 93.6 cm³/mol. The molecule has 1 aromatic carbocycles. The molecule has 0 bridgehead atoms. The number of rotatable bonds is 8. The minimum atomic E-state index is -0.589. The number of hydrogen-bond donors (Lipinski definition) is 1. The normalized spacial score (nSPS) is 13.9. The molecule has 0 saturated carbocycles. The van der Waals surface area contributed by atoms with E-state index in [9.17, 15) is 9.59 Å². The van der Waals surface area contributed by atoms with Gasteiger partial charge in [0.15, 0.2) is 0 Å². The number of carbonyl (C=O) groups excluding carboxylic acids is 2. The molecule has 0 spiro atoms. The maximum atomic E-state index is 12.2. The van der Waals surface area contributed by atoms with Gasteiger partial charge in [-0.25, -0.2) is 0 Å². The van der Waals surface area contributed by atoms with Gasteiger partial charge in [0.25, 0.3) is 0 Å². The Bertz CT molecular complexity index is 522. The van der Waals surface area contributed by atoms with Crippen LogP contribution in [0.25, 0.3) is 0 Å². The summed E-state index contributed by atoms with van der Waals surface area (Å²) in [5.74, 6) is -0.722. The summed E-state index contributed by atoms with van der Waals surface area (Å²) in [6.07, 6.45) is 1.27. The van der Waals surface area contributed by atoms with Crippen LogP contribution in [0.15, 0.2) is 30.3 Å². The molecule has 0 aliphatic heterocycles. The Balaban J connectivity index is 2.68. The Morgan fingerprint density at radius 1 is 1.12 bits per heavy atom. The average molecular weight is 335 g/mol. The standard InChI is InChI=1S/C19H29NO4/c1-6-23-18(22)16(13-12-15-10-8-7-9-11-15)20-14(2)17(21)24-19(3,4)5/h7-11,14,16,20H,6,12-13H2,1-5H3/t14-,16-/m0/s1. The van der Waals surface area contributed by atoms with Crippen LogP contribution in [0.4, 0.5) is 0 Å². The van der Waals surface area contributed by atoms with Crippen molar-refractivity contribution in [1.29, 1.82) is 0 Å². The second kappa shape index (κ2) is 9.42. The maximum Gasteiger partial charge on any atom is 0.323 e. The zero-order chi connectivity index (χ0) is 18.2. The Hall–Kier alpha value is -1.88. The monoisotopic (exact) mass is 335 g/mol. The van der Waals surface area contributed by atoms with Gasteiger partial charge in [0.1, 0.15) is 17.7 Å². The van der Waals surface area contributed by atoms with Crippen molar-refractivity contribution in [3.8, 4) is 0 Å². The lowest BCUT2D eigenvalue weighted by Gasteiger charge is -2.25. The summed E-state index contributed by atoms with van der Waals surface area (Å²) in [6.45, 7) is 9.22. The fraction of sp³-hybridized carbons (Fsp3) is 0.579. The van der Waals surface area contributed by atoms with Gasteiger partial charge in [-0.3, -0.25) is 14.9 Å². The second-order valence-electron chi connectivity index (χ2n) is 6.75. The van der Waals surface area contributed by atoms with Crippen LogP contribution in [0.5, 0.6) is 0 Å². The van der Waals surface area contributed by atoms with Gasteiger partial charge >= 0.3 is 11.9 Å². The van der Waals surface area contributed by atoms with E-state index in [1.165, 1.54) is 0 Å². The van der Waals surface area contributed by atoms with Crippen LogP contribution in [-0.2, 0) is 25.5 Å². The van der Waals surface area contributed by atoms with Gasteiger partial charge in [-0.15, -0.1) is 0 Å². The van der Waals surface area contributed by atoms with Gasteiger partial charge in [0.2, 0.25) is 0 Å². The van der Waals surface area contributed by atoms with Gasteiger partial charge in [-0.05, 0) is 53.0 Å². The summed E-state index contributed by atoms with van der Waals surface area (Å²) in [5, 5.41) is 3.05. The summed E-state index contributed by atoms with van der Waals surface area (Å²) in [7, 11) is 0. The van der Waals surface area contributed by atoms with Crippen molar-refractivity contribution in [3.05, 3.63) is 35.9 Å². The van der Waals surface area contributed by atoms with E-state index in [1.54, 1.807) is 13.8 Å². The molecule has 134 valence electrons. The molecule has 0 saturated heterocycles. The number of hydrogen-bond acceptors (Lipinski definition) is 5. The van der Waals surface area contributed by atoms with E-state index in [0.29, 0.717) is 13.0 Å². The molecule has 0 amide bonds. The van der Waals surface area contributed by atoms with Crippen LogP contribution in [0, 0.1) is 0 Å². The number of aryl methyl sites for hydroxylation is 1. The van der Waals surface area contributed by atoms with Crippen LogP contribution >= 0.6 is 0 Å². The molecule has 1 aromatic rings. The SMILES string of the molecule is CCOC(=O)[C@H](CCc1ccccc1)N[C@@H](C)C(=O)OC(C)(C)C. The van der Waals surface area contributed by atoms with E-state index in [4.69, 9.17) is 9.47 Å². The minimum absolute atomic E-state index is 0.309. The van der Waals surface area contributed by atoms with Crippen molar-refractivity contribution in [2.45, 2.75) is 65.1 Å². The van der Waals surface area contributed by atoms with E-state index in [2.05, 4.69) is 5.32 Å². The highest BCUT2D eigenvalue weighted by molar-refractivity contribution is 5.79. The molecule has 2 atom stereocenters. The van der Waals surface area contributed by atoms with Gasteiger partial charge in [0, 0.05) is 0 Å². The molecule has 0 unspecified atom stereocenters. The highest BCUT2D eigenvalue weighted by Gasteiger charge is 2.27. The molecule has 5 heteroatoms. The van der Waals surface area contributed by atoms with Crippen molar-refractivity contribution in [3.63, 3.8) is 0 Å². The molecule has 0 fully saturated rings. The van der Waals surface area contributed by atoms with Gasteiger partial charge in [-0.2, -0.15) is 0 Å². The van der Waals surface area contributed by atoms with Crippen molar-refractivity contribution in [2.24, 2.45) is 0 Å². The molecule has 5 nitrogen and oxygen atoms in total. The average Bonchev–Trinajstić information content (AvgIpc) is 2.50. The summed E-state index contributed by atoms with van der Waals surface area (Å²) in [5.41, 5.74) is 0.578. The van der Waals surface area contributed by atoms with E-state index >= 15 is 0 Å². The number of esters is 2. The lowest BCUT2D eigenvalue weighted by Crippen LogP contribution is -2.48. The third kappa shape index (κ3) is 7.59. The lowest BCUT2D eigenvalue weighted by molar-refractivity contribution is -0.157. The van der Waals surface area contributed by atoms with Crippen LogP contribution < -0.4 is 5.32 Å². The molecule has 0 heterocycles. The Kier molecular flexibility index (Phi) is 7.92. The van der Waals surface area contributed by atoms with Crippen LogP contribution in [0.3, 0.4) is 0 Å². The van der Waals surface area contributed by atoms with E-state index < -0.39 is 17.7 Å². The highest BCUT2D eigenvalue weighted by atomic mass is 16.6. The minimum Gasteiger partial charge on any atom is -0.465 e. The molecule has 0 aromatic heterocycles. The smallest absolute Gasteiger partial charge is 0.323 e. The third-order valence-corrected chi connectivity index (χ3v) is 3.35. The van der Waals surface area contributed by atoms with Crippen LogP contribution in [0.2, 0.25) is 0 Å².